The number of nitrogens with two attached hydrogens (primary N) is 1. The zero-order valence-corrected chi connectivity index (χ0v) is 12.9. The monoisotopic (exact) mass is 325 g/mol. The number of fused-ring (bicyclic) bond motifs is 1. The summed E-state index contributed by atoms with van der Waals surface area (Å²) in [7, 11) is -3.61. The van der Waals surface area contributed by atoms with Gasteiger partial charge in [-0.15, -0.1) is 0 Å². The summed E-state index contributed by atoms with van der Waals surface area (Å²) >= 11 is 0. The van der Waals surface area contributed by atoms with Gasteiger partial charge in [0.25, 0.3) is 5.69 Å². The lowest BCUT2D eigenvalue weighted by molar-refractivity contribution is -0.384. The van der Waals surface area contributed by atoms with Crippen LogP contribution in [0.5, 0.6) is 0 Å². The fraction of sp³-hybridized carbons (Fsp3) is 0.571. The minimum absolute atomic E-state index is 0.0656. The second-order valence-corrected chi connectivity index (χ2v) is 8.03. The van der Waals surface area contributed by atoms with Crippen molar-refractivity contribution in [1.29, 1.82) is 0 Å². The molecule has 1 saturated heterocycles. The molecule has 0 aromatic heterocycles. The molecular weight excluding hydrogens is 306 g/mol. The molecule has 7 nitrogen and oxygen atoms in total. The average molecular weight is 325 g/mol. The summed E-state index contributed by atoms with van der Waals surface area (Å²) in [4.78, 5) is 10.2. The van der Waals surface area contributed by atoms with E-state index in [1.54, 1.807) is 0 Å². The first-order valence-corrected chi connectivity index (χ1v) is 8.84. The first-order valence-electron chi connectivity index (χ1n) is 7.40. The van der Waals surface area contributed by atoms with Gasteiger partial charge in [0.2, 0.25) is 10.0 Å². The molecule has 22 heavy (non-hydrogen) atoms. The molecule has 120 valence electrons. The highest BCUT2D eigenvalue weighted by atomic mass is 32.2. The third kappa shape index (κ3) is 2.62. The molecule has 0 radical (unpaired) electrons. The van der Waals surface area contributed by atoms with Gasteiger partial charge in [0.1, 0.15) is 0 Å². The van der Waals surface area contributed by atoms with Gasteiger partial charge in [0.15, 0.2) is 0 Å². The Balaban J connectivity index is 1.83. The lowest BCUT2D eigenvalue weighted by atomic mass is 9.78. The summed E-state index contributed by atoms with van der Waals surface area (Å²) in [6, 6.07) is 5.12. The maximum absolute atomic E-state index is 12.7. The molecule has 2 fully saturated rings. The second kappa shape index (κ2) is 5.60. The predicted molar refractivity (Wildman–Crippen MR) is 80.7 cm³/mol. The van der Waals surface area contributed by atoms with Crippen molar-refractivity contribution < 1.29 is 13.3 Å². The number of rotatable bonds is 3. The van der Waals surface area contributed by atoms with Gasteiger partial charge in [-0.3, -0.25) is 10.1 Å². The van der Waals surface area contributed by atoms with Crippen molar-refractivity contribution in [3.05, 3.63) is 34.4 Å². The zero-order valence-electron chi connectivity index (χ0n) is 12.1. The van der Waals surface area contributed by atoms with Gasteiger partial charge < -0.3 is 5.73 Å². The van der Waals surface area contributed by atoms with Crippen molar-refractivity contribution in [2.45, 2.75) is 30.2 Å². The summed E-state index contributed by atoms with van der Waals surface area (Å²) in [6.07, 6.45) is 3.02. The van der Waals surface area contributed by atoms with Crippen LogP contribution in [0.1, 0.15) is 19.3 Å². The van der Waals surface area contributed by atoms with Crippen LogP contribution in [0.4, 0.5) is 5.69 Å². The number of hydrogen-bond donors (Lipinski definition) is 1. The van der Waals surface area contributed by atoms with E-state index in [1.165, 1.54) is 28.6 Å². The van der Waals surface area contributed by atoms with Crippen LogP contribution in [-0.4, -0.2) is 36.8 Å². The van der Waals surface area contributed by atoms with Crippen LogP contribution >= 0.6 is 0 Å². The topological polar surface area (TPSA) is 107 Å². The first-order chi connectivity index (χ1) is 10.4. The minimum atomic E-state index is -3.61. The summed E-state index contributed by atoms with van der Waals surface area (Å²) in [5.41, 5.74) is 6.01. The Morgan fingerprint density at radius 2 is 1.86 bits per heavy atom. The van der Waals surface area contributed by atoms with E-state index in [0.29, 0.717) is 19.0 Å². The van der Waals surface area contributed by atoms with Gasteiger partial charge in [-0.1, -0.05) is 6.42 Å². The zero-order chi connectivity index (χ0) is 15.9. The summed E-state index contributed by atoms with van der Waals surface area (Å²) < 4.78 is 26.8. The molecule has 1 aromatic rings. The Morgan fingerprint density at radius 1 is 1.18 bits per heavy atom. The normalized spacial score (nSPS) is 29.2. The Bertz CT molecular complexity index is 674. The molecule has 8 heteroatoms. The molecular formula is C14H19N3O4S. The van der Waals surface area contributed by atoms with Crippen LogP contribution in [0, 0.1) is 22.0 Å². The quantitative estimate of drug-likeness (QED) is 0.666. The molecule has 1 heterocycles. The standard InChI is InChI=1S/C14H19N3O4S/c15-14-3-1-2-10-8-16(9-13(10)14)22(20,21)12-6-4-11(5-7-12)17(18)19/h4-7,10,13-14H,1-3,8-9,15H2. The van der Waals surface area contributed by atoms with E-state index < -0.39 is 14.9 Å². The van der Waals surface area contributed by atoms with Gasteiger partial charge in [-0.25, -0.2) is 8.42 Å². The third-order valence-electron chi connectivity index (χ3n) is 4.81. The molecule has 0 amide bonds. The van der Waals surface area contributed by atoms with Crippen LogP contribution < -0.4 is 5.73 Å². The molecule has 2 aliphatic rings. The number of benzene rings is 1. The minimum Gasteiger partial charge on any atom is -0.327 e. The highest BCUT2D eigenvalue weighted by molar-refractivity contribution is 7.89. The highest BCUT2D eigenvalue weighted by Gasteiger charge is 2.43. The van der Waals surface area contributed by atoms with Crippen molar-refractivity contribution in [3.8, 4) is 0 Å². The Hall–Kier alpha value is -1.51. The van der Waals surface area contributed by atoms with E-state index in [2.05, 4.69) is 0 Å². The fourth-order valence-corrected chi connectivity index (χ4v) is 5.10. The van der Waals surface area contributed by atoms with Crippen molar-refractivity contribution >= 4 is 15.7 Å². The molecule has 3 atom stereocenters. The maximum atomic E-state index is 12.7. The summed E-state index contributed by atoms with van der Waals surface area (Å²) in [5.74, 6) is 0.554. The Morgan fingerprint density at radius 3 is 2.45 bits per heavy atom. The van der Waals surface area contributed by atoms with Crippen LogP contribution in [0.25, 0.3) is 0 Å². The molecule has 3 rings (SSSR count). The van der Waals surface area contributed by atoms with Gasteiger partial charge in [0, 0.05) is 31.3 Å². The molecule has 1 aliphatic carbocycles. The average Bonchev–Trinajstić information content (AvgIpc) is 2.94. The number of nitrogens with zero attached hydrogens (tertiary/aromatic N) is 2. The number of sulfonamides is 1. The van der Waals surface area contributed by atoms with Crippen LogP contribution in [0.15, 0.2) is 29.2 Å². The number of non-ortho nitro benzene ring substituents is 1. The van der Waals surface area contributed by atoms with Gasteiger partial charge >= 0.3 is 0 Å². The fourth-order valence-electron chi connectivity index (χ4n) is 3.56. The van der Waals surface area contributed by atoms with E-state index in [-0.39, 0.29) is 22.5 Å². The second-order valence-electron chi connectivity index (χ2n) is 6.09. The molecule has 2 N–H and O–H groups in total. The molecule has 1 aromatic carbocycles. The lowest BCUT2D eigenvalue weighted by Gasteiger charge is -2.29. The smallest absolute Gasteiger partial charge is 0.269 e. The largest absolute Gasteiger partial charge is 0.327 e. The van der Waals surface area contributed by atoms with E-state index >= 15 is 0 Å². The van der Waals surface area contributed by atoms with Crippen LogP contribution in [0.3, 0.4) is 0 Å². The van der Waals surface area contributed by atoms with Crippen LogP contribution in [0.2, 0.25) is 0 Å². The van der Waals surface area contributed by atoms with Gasteiger partial charge in [-0.05, 0) is 36.8 Å². The number of nitro benzene ring substituents is 1. The van der Waals surface area contributed by atoms with E-state index in [1.807, 2.05) is 0 Å². The summed E-state index contributed by atoms with van der Waals surface area (Å²) in [6.45, 7) is 0.947. The maximum Gasteiger partial charge on any atom is 0.269 e. The number of nitro groups is 1. The third-order valence-corrected chi connectivity index (χ3v) is 6.65. The highest BCUT2D eigenvalue weighted by Crippen LogP contribution is 2.37. The SMILES string of the molecule is NC1CCCC2CN(S(=O)(=O)c3ccc([N+](=O)[O-])cc3)CC12. The van der Waals surface area contributed by atoms with Crippen molar-refractivity contribution in [3.63, 3.8) is 0 Å². The lowest BCUT2D eigenvalue weighted by Crippen LogP contribution is -2.38. The predicted octanol–water partition coefficient (Wildman–Crippen LogP) is 1.34. The van der Waals surface area contributed by atoms with E-state index in [9.17, 15) is 18.5 Å². The van der Waals surface area contributed by atoms with E-state index in [4.69, 9.17) is 5.73 Å². The van der Waals surface area contributed by atoms with Crippen molar-refractivity contribution in [2.24, 2.45) is 17.6 Å². The first kappa shape index (κ1) is 15.4. The van der Waals surface area contributed by atoms with Crippen molar-refractivity contribution in [1.82, 2.24) is 4.31 Å². The van der Waals surface area contributed by atoms with Gasteiger partial charge in [0.05, 0.1) is 9.82 Å². The Kier molecular flexibility index (Phi) is 3.92. The Labute approximate surface area is 129 Å². The van der Waals surface area contributed by atoms with Crippen LogP contribution in [-0.2, 0) is 10.0 Å². The molecule has 1 aliphatic heterocycles. The molecule has 0 spiro atoms. The molecule has 0 bridgehead atoms. The number of hydrogen-bond acceptors (Lipinski definition) is 5. The summed E-state index contributed by atoms with van der Waals surface area (Å²) in [5, 5.41) is 10.7. The molecule has 1 saturated carbocycles. The van der Waals surface area contributed by atoms with E-state index in [0.717, 1.165) is 19.3 Å². The molecule has 3 unspecified atom stereocenters. The van der Waals surface area contributed by atoms with Crippen molar-refractivity contribution in [2.75, 3.05) is 13.1 Å². The van der Waals surface area contributed by atoms with Gasteiger partial charge in [-0.2, -0.15) is 4.31 Å².